The van der Waals surface area contributed by atoms with E-state index in [0.29, 0.717) is 24.5 Å². The van der Waals surface area contributed by atoms with Crippen molar-refractivity contribution in [2.75, 3.05) is 17.6 Å². The summed E-state index contributed by atoms with van der Waals surface area (Å²) < 4.78 is 0. The molecule has 1 amide bonds. The zero-order chi connectivity index (χ0) is 17.4. The number of nitrogens with two attached hydrogens (primary N) is 1. The maximum atomic E-state index is 12.3. The predicted molar refractivity (Wildman–Crippen MR) is 95.7 cm³/mol. The van der Waals surface area contributed by atoms with Gasteiger partial charge in [0.25, 0.3) is 5.91 Å². The summed E-state index contributed by atoms with van der Waals surface area (Å²) in [7, 11) is 0. The van der Waals surface area contributed by atoms with Gasteiger partial charge in [-0.3, -0.25) is 4.79 Å². The molecule has 0 fully saturated rings. The molecule has 2 aromatic rings. The van der Waals surface area contributed by atoms with Crippen LogP contribution in [0.25, 0.3) is 0 Å². The lowest BCUT2D eigenvalue weighted by molar-refractivity contribution is -0.112. The number of nitriles is 1. The number of benzene rings is 2. The highest BCUT2D eigenvalue weighted by Crippen LogP contribution is 2.12. The fourth-order valence-electron chi connectivity index (χ4n) is 2.15. The number of amides is 1. The van der Waals surface area contributed by atoms with E-state index in [9.17, 15) is 10.1 Å². The first-order valence-electron chi connectivity index (χ1n) is 7.69. The van der Waals surface area contributed by atoms with Crippen molar-refractivity contribution >= 4 is 17.3 Å². The van der Waals surface area contributed by atoms with E-state index in [1.165, 1.54) is 0 Å². The highest BCUT2D eigenvalue weighted by Gasteiger charge is 2.11. The number of carbonyl (C=O) groups excluding carboxylic acids is 1. The number of nitrogens with zero attached hydrogens (tertiary/aromatic N) is 2. The smallest absolute Gasteiger partial charge is 0.267 e. The number of nitrogen functional groups attached to an aromatic ring is 1. The Morgan fingerprint density at radius 3 is 2.46 bits per heavy atom. The van der Waals surface area contributed by atoms with Gasteiger partial charge in [-0.25, -0.2) is 0 Å². The molecule has 24 heavy (non-hydrogen) atoms. The molecule has 0 aliphatic heterocycles. The third kappa shape index (κ3) is 4.89. The van der Waals surface area contributed by atoms with Crippen LogP contribution in [0.5, 0.6) is 0 Å². The molecule has 5 nitrogen and oxygen atoms in total. The van der Waals surface area contributed by atoms with Gasteiger partial charge >= 0.3 is 0 Å². The van der Waals surface area contributed by atoms with Gasteiger partial charge in [-0.15, -0.1) is 0 Å². The van der Waals surface area contributed by atoms with Crippen molar-refractivity contribution in [3.63, 3.8) is 0 Å². The third-order valence-corrected chi connectivity index (χ3v) is 3.48. The van der Waals surface area contributed by atoms with Crippen molar-refractivity contribution in [3.05, 3.63) is 71.9 Å². The van der Waals surface area contributed by atoms with Crippen LogP contribution in [0.15, 0.2) is 66.4 Å². The number of carbonyl (C=O) groups is 1. The van der Waals surface area contributed by atoms with E-state index in [2.05, 4.69) is 5.32 Å². The number of nitrogens with one attached hydrogen (secondary N) is 1. The van der Waals surface area contributed by atoms with Crippen molar-refractivity contribution in [1.29, 1.82) is 5.26 Å². The molecule has 0 spiro atoms. The molecule has 0 aromatic heterocycles. The molecular formula is C19H20N4O. The fourth-order valence-corrected chi connectivity index (χ4v) is 2.15. The van der Waals surface area contributed by atoms with Crippen LogP contribution in [-0.4, -0.2) is 17.4 Å². The average molecular weight is 320 g/mol. The largest absolute Gasteiger partial charge is 0.399 e. The second-order valence-corrected chi connectivity index (χ2v) is 5.28. The van der Waals surface area contributed by atoms with Crippen LogP contribution in [0.2, 0.25) is 0 Å². The zero-order valence-electron chi connectivity index (χ0n) is 13.6. The lowest BCUT2D eigenvalue weighted by Gasteiger charge is -2.19. The Morgan fingerprint density at radius 2 is 1.88 bits per heavy atom. The molecule has 0 atom stereocenters. The summed E-state index contributed by atoms with van der Waals surface area (Å²) in [6, 6.07) is 18.7. The number of anilines is 2. The van der Waals surface area contributed by atoms with E-state index >= 15 is 0 Å². The highest BCUT2D eigenvalue weighted by molar-refractivity contribution is 6.06. The quantitative estimate of drug-likeness (QED) is 0.487. The van der Waals surface area contributed by atoms with Crippen molar-refractivity contribution in [2.45, 2.75) is 13.5 Å². The lowest BCUT2D eigenvalue weighted by Crippen LogP contribution is -2.21. The Kier molecular flexibility index (Phi) is 5.98. The van der Waals surface area contributed by atoms with Crippen LogP contribution in [-0.2, 0) is 11.3 Å². The summed E-state index contributed by atoms with van der Waals surface area (Å²) in [4.78, 5) is 14.2. The molecule has 5 heteroatoms. The molecule has 3 N–H and O–H groups in total. The first-order valence-corrected chi connectivity index (χ1v) is 7.69. The summed E-state index contributed by atoms with van der Waals surface area (Å²) in [6.07, 6.45) is 1.60. The Hall–Kier alpha value is -3.26. The van der Waals surface area contributed by atoms with Gasteiger partial charge in [0.05, 0.1) is 0 Å². The minimum absolute atomic E-state index is 0.0598. The van der Waals surface area contributed by atoms with Gasteiger partial charge in [-0.2, -0.15) is 5.26 Å². The van der Waals surface area contributed by atoms with Crippen LogP contribution in [0.3, 0.4) is 0 Å². The molecule has 0 saturated heterocycles. The second kappa shape index (κ2) is 8.39. The van der Waals surface area contributed by atoms with Crippen LogP contribution in [0.4, 0.5) is 11.4 Å². The molecule has 0 aliphatic rings. The molecule has 2 rings (SSSR count). The molecule has 0 unspecified atom stereocenters. The average Bonchev–Trinajstić information content (AvgIpc) is 2.61. The molecule has 0 aliphatic carbocycles. The van der Waals surface area contributed by atoms with Gasteiger partial charge in [0.1, 0.15) is 11.6 Å². The summed E-state index contributed by atoms with van der Waals surface area (Å²) in [6.45, 7) is 3.30. The number of rotatable bonds is 6. The van der Waals surface area contributed by atoms with Gasteiger partial charge in [-0.1, -0.05) is 30.3 Å². The third-order valence-electron chi connectivity index (χ3n) is 3.48. The topological polar surface area (TPSA) is 82.2 Å². The molecule has 0 bridgehead atoms. The van der Waals surface area contributed by atoms with E-state index in [-0.39, 0.29) is 5.57 Å². The first kappa shape index (κ1) is 17.1. The van der Waals surface area contributed by atoms with Crippen LogP contribution in [0, 0.1) is 11.3 Å². The first-order chi connectivity index (χ1) is 11.6. The maximum absolute atomic E-state index is 12.3. The SMILES string of the molecule is CCN(/C=C(/C#N)C(=O)Nc1ccc(N)cc1)Cc1ccccc1. The molecular weight excluding hydrogens is 300 g/mol. The molecule has 2 aromatic carbocycles. The van der Waals surface area contributed by atoms with E-state index in [1.54, 1.807) is 30.5 Å². The normalized spacial score (nSPS) is 10.8. The van der Waals surface area contributed by atoms with Gasteiger partial charge in [0.2, 0.25) is 0 Å². The molecule has 0 radical (unpaired) electrons. The van der Waals surface area contributed by atoms with Crippen LogP contribution in [0.1, 0.15) is 12.5 Å². The molecule has 0 heterocycles. The van der Waals surface area contributed by atoms with E-state index < -0.39 is 5.91 Å². The van der Waals surface area contributed by atoms with E-state index in [1.807, 2.05) is 48.2 Å². The molecule has 0 saturated carbocycles. The van der Waals surface area contributed by atoms with Gasteiger partial charge in [0.15, 0.2) is 0 Å². The number of hydrogen-bond acceptors (Lipinski definition) is 4. The van der Waals surface area contributed by atoms with Crippen molar-refractivity contribution in [3.8, 4) is 6.07 Å². The van der Waals surface area contributed by atoms with Gasteiger partial charge < -0.3 is 16.0 Å². The standard InChI is InChI=1S/C19H20N4O/c1-2-23(13-15-6-4-3-5-7-15)14-16(12-20)19(24)22-18-10-8-17(21)9-11-18/h3-11,14H,2,13,21H2,1H3,(H,22,24)/b16-14-. The Morgan fingerprint density at radius 1 is 1.21 bits per heavy atom. The summed E-state index contributed by atoms with van der Waals surface area (Å²) in [5.74, 6) is -0.436. The molecule has 122 valence electrons. The maximum Gasteiger partial charge on any atom is 0.267 e. The summed E-state index contributed by atoms with van der Waals surface area (Å²) >= 11 is 0. The lowest BCUT2D eigenvalue weighted by atomic mass is 10.2. The minimum Gasteiger partial charge on any atom is -0.399 e. The van der Waals surface area contributed by atoms with Crippen molar-refractivity contribution in [1.82, 2.24) is 4.90 Å². The van der Waals surface area contributed by atoms with Crippen molar-refractivity contribution in [2.24, 2.45) is 0 Å². The second-order valence-electron chi connectivity index (χ2n) is 5.28. The van der Waals surface area contributed by atoms with E-state index in [4.69, 9.17) is 5.73 Å². The highest BCUT2D eigenvalue weighted by atomic mass is 16.1. The summed E-state index contributed by atoms with van der Waals surface area (Å²) in [5, 5.41) is 12.0. The van der Waals surface area contributed by atoms with Crippen LogP contribution >= 0.6 is 0 Å². The monoisotopic (exact) mass is 320 g/mol. The predicted octanol–water partition coefficient (Wildman–Crippen LogP) is 3.14. The Labute approximate surface area is 142 Å². The van der Waals surface area contributed by atoms with Crippen LogP contribution < -0.4 is 11.1 Å². The van der Waals surface area contributed by atoms with Gasteiger partial charge in [-0.05, 0) is 36.8 Å². The van der Waals surface area contributed by atoms with Crippen molar-refractivity contribution < 1.29 is 4.79 Å². The van der Waals surface area contributed by atoms with E-state index in [0.717, 1.165) is 5.56 Å². The number of hydrogen-bond donors (Lipinski definition) is 2. The summed E-state index contributed by atoms with van der Waals surface area (Å²) in [5.41, 5.74) is 8.01. The Balaban J connectivity index is 2.09. The zero-order valence-corrected chi connectivity index (χ0v) is 13.6. The fraction of sp³-hybridized carbons (Fsp3) is 0.158. The Bertz CT molecular complexity index is 745. The minimum atomic E-state index is -0.436. The van der Waals surface area contributed by atoms with Gasteiger partial charge in [0, 0.05) is 30.7 Å².